The zero-order chi connectivity index (χ0) is 13.2. The van der Waals surface area contributed by atoms with Crippen molar-refractivity contribution in [2.24, 2.45) is 0 Å². The SMILES string of the molecule is CC(C)Nc1nc(-c2ccc3c(c2)CCCC3)cs1. The van der Waals surface area contributed by atoms with Crippen LogP contribution in [0, 0.1) is 0 Å². The lowest BCUT2D eigenvalue weighted by molar-refractivity contribution is 0.686. The molecule has 0 radical (unpaired) electrons. The van der Waals surface area contributed by atoms with Gasteiger partial charge in [-0.05, 0) is 56.7 Å². The summed E-state index contributed by atoms with van der Waals surface area (Å²) in [5, 5.41) is 6.53. The van der Waals surface area contributed by atoms with Gasteiger partial charge in [0.2, 0.25) is 0 Å². The quantitative estimate of drug-likeness (QED) is 0.889. The van der Waals surface area contributed by atoms with Gasteiger partial charge in [0, 0.05) is 17.0 Å². The van der Waals surface area contributed by atoms with Gasteiger partial charge in [-0.1, -0.05) is 12.1 Å². The molecule has 0 unspecified atom stereocenters. The minimum atomic E-state index is 0.433. The van der Waals surface area contributed by atoms with Crippen LogP contribution >= 0.6 is 11.3 Å². The molecule has 2 aromatic rings. The molecule has 0 bridgehead atoms. The minimum Gasteiger partial charge on any atom is -0.359 e. The molecule has 3 heteroatoms. The lowest BCUT2D eigenvalue weighted by atomic mass is 9.90. The number of nitrogens with zero attached hydrogens (tertiary/aromatic N) is 1. The van der Waals surface area contributed by atoms with E-state index in [1.54, 1.807) is 11.3 Å². The highest BCUT2D eigenvalue weighted by molar-refractivity contribution is 7.14. The number of benzene rings is 1. The van der Waals surface area contributed by atoms with Crippen LogP contribution in [0.25, 0.3) is 11.3 Å². The van der Waals surface area contributed by atoms with Gasteiger partial charge in [0.15, 0.2) is 5.13 Å². The maximum atomic E-state index is 4.68. The molecule has 0 atom stereocenters. The number of aromatic nitrogens is 1. The van der Waals surface area contributed by atoms with E-state index in [1.165, 1.54) is 42.4 Å². The fourth-order valence-electron chi connectivity index (χ4n) is 2.61. The van der Waals surface area contributed by atoms with Crippen molar-refractivity contribution < 1.29 is 0 Å². The Balaban J connectivity index is 1.87. The van der Waals surface area contributed by atoms with Gasteiger partial charge in [0.05, 0.1) is 5.69 Å². The molecule has 1 aliphatic rings. The summed E-state index contributed by atoms with van der Waals surface area (Å²) in [6, 6.07) is 7.28. The number of rotatable bonds is 3. The largest absolute Gasteiger partial charge is 0.359 e. The molecule has 2 nitrogen and oxygen atoms in total. The molecule has 1 N–H and O–H groups in total. The van der Waals surface area contributed by atoms with Gasteiger partial charge in [-0.25, -0.2) is 4.98 Å². The molecule has 1 aliphatic carbocycles. The van der Waals surface area contributed by atoms with E-state index in [9.17, 15) is 0 Å². The van der Waals surface area contributed by atoms with Gasteiger partial charge in [-0.2, -0.15) is 0 Å². The van der Waals surface area contributed by atoms with Gasteiger partial charge < -0.3 is 5.32 Å². The summed E-state index contributed by atoms with van der Waals surface area (Å²) < 4.78 is 0. The highest BCUT2D eigenvalue weighted by Gasteiger charge is 2.11. The molecular weight excluding hydrogens is 252 g/mol. The Hall–Kier alpha value is -1.35. The molecule has 0 amide bonds. The summed E-state index contributed by atoms with van der Waals surface area (Å²) in [6.45, 7) is 4.28. The average molecular weight is 272 g/mol. The minimum absolute atomic E-state index is 0.433. The van der Waals surface area contributed by atoms with Crippen LogP contribution in [0.1, 0.15) is 37.8 Å². The number of anilines is 1. The average Bonchev–Trinajstić information content (AvgIpc) is 2.86. The van der Waals surface area contributed by atoms with Gasteiger partial charge in [-0.3, -0.25) is 0 Å². The van der Waals surface area contributed by atoms with E-state index < -0.39 is 0 Å². The Bertz CT molecular complexity index is 572. The van der Waals surface area contributed by atoms with Crippen LogP contribution < -0.4 is 5.32 Å². The van der Waals surface area contributed by atoms with Crippen molar-refractivity contribution in [1.82, 2.24) is 4.98 Å². The first-order valence-electron chi connectivity index (χ1n) is 7.06. The molecule has 0 aliphatic heterocycles. The number of nitrogens with one attached hydrogen (secondary N) is 1. The van der Waals surface area contributed by atoms with Crippen molar-refractivity contribution in [3.05, 3.63) is 34.7 Å². The van der Waals surface area contributed by atoms with E-state index in [1.807, 2.05) is 0 Å². The molecule has 3 rings (SSSR count). The fourth-order valence-corrected chi connectivity index (χ4v) is 3.48. The number of hydrogen-bond donors (Lipinski definition) is 1. The third-order valence-corrected chi connectivity index (χ3v) is 4.33. The van der Waals surface area contributed by atoms with Crippen LogP contribution in [-0.2, 0) is 12.8 Å². The van der Waals surface area contributed by atoms with Gasteiger partial charge >= 0.3 is 0 Å². The van der Waals surface area contributed by atoms with Gasteiger partial charge in [0.25, 0.3) is 0 Å². The molecule has 1 aromatic carbocycles. The summed E-state index contributed by atoms with van der Waals surface area (Å²) >= 11 is 1.69. The zero-order valence-electron chi connectivity index (χ0n) is 11.6. The summed E-state index contributed by atoms with van der Waals surface area (Å²) in [4.78, 5) is 4.68. The van der Waals surface area contributed by atoms with Crippen LogP contribution in [0.4, 0.5) is 5.13 Å². The van der Waals surface area contributed by atoms with E-state index in [0.29, 0.717) is 6.04 Å². The van der Waals surface area contributed by atoms with E-state index in [4.69, 9.17) is 0 Å². The first-order chi connectivity index (χ1) is 9.22. The van der Waals surface area contributed by atoms with E-state index in [-0.39, 0.29) is 0 Å². The summed E-state index contributed by atoms with van der Waals surface area (Å²) in [6.07, 6.45) is 5.14. The van der Waals surface area contributed by atoms with E-state index in [2.05, 4.69) is 47.7 Å². The molecular formula is C16H20N2S. The Kier molecular flexibility index (Phi) is 3.56. The van der Waals surface area contributed by atoms with Crippen LogP contribution in [0.5, 0.6) is 0 Å². The van der Waals surface area contributed by atoms with Crippen LogP contribution in [0.15, 0.2) is 23.6 Å². The molecule has 0 spiro atoms. The number of thiazole rings is 1. The summed E-state index contributed by atoms with van der Waals surface area (Å²) in [5.41, 5.74) is 5.41. The normalized spacial score (nSPS) is 14.5. The van der Waals surface area contributed by atoms with E-state index >= 15 is 0 Å². The van der Waals surface area contributed by atoms with Crippen molar-refractivity contribution >= 4 is 16.5 Å². The van der Waals surface area contributed by atoms with Gasteiger partial charge in [-0.15, -0.1) is 11.3 Å². The fraction of sp³-hybridized carbons (Fsp3) is 0.438. The summed E-state index contributed by atoms with van der Waals surface area (Å²) in [5.74, 6) is 0. The van der Waals surface area contributed by atoms with Crippen molar-refractivity contribution in [2.75, 3.05) is 5.32 Å². The van der Waals surface area contributed by atoms with Crippen LogP contribution in [-0.4, -0.2) is 11.0 Å². The highest BCUT2D eigenvalue weighted by Crippen LogP contribution is 2.29. The van der Waals surface area contributed by atoms with Crippen molar-refractivity contribution in [2.45, 2.75) is 45.6 Å². The highest BCUT2D eigenvalue weighted by atomic mass is 32.1. The molecule has 0 saturated heterocycles. The first-order valence-corrected chi connectivity index (χ1v) is 7.94. The van der Waals surface area contributed by atoms with Crippen molar-refractivity contribution in [3.8, 4) is 11.3 Å². The maximum Gasteiger partial charge on any atom is 0.183 e. The molecule has 0 saturated carbocycles. The third kappa shape index (κ3) is 2.81. The smallest absolute Gasteiger partial charge is 0.183 e. The Morgan fingerprint density at radius 1 is 1.16 bits per heavy atom. The number of hydrogen-bond acceptors (Lipinski definition) is 3. The molecule has 1 aromatic heterocycles. The molecule has 0 fully saturated rings. The number of aryl methyl sites for hydroxylation is 2. The van der Waals surface area contributed by atoms with Crippen molar-refractivity contribution in [3.63, 3.8) is 0 Å². The number of fused-ring (bicyclic) bond motifs is 1. The lowest BCUT2D eigenvalue weighted by Gasteiger charge is -2.16. The predicted octanol–water partition coefficient (Wildman–Crippen LogP) is 4.51. The molecule has 100 valence electrons. The summed E-state index contributed by atoms with van der Waals surface area (Å²) in [7, 11) is 0. The second kappa shape index (κ2) is 5.33. The predicted molar refractivity (Wildman–Crippen MR) is 83.0 cm³/mol. The maximum absolute atomic E-state index is 4.68. The standard InChI is InChI=1S/C16H20N2S/c1-11(2)17-16-18-15(10-19-16)14-8-7-12-5-3-4-6-13(12)9-14/h7-11H,3-6H2,1-2H3,(H,17,18). The van der Waals surface area contributed by atoms with E-state index in [0.717, 1.165) is 10.8 Å². The lowest BCUT2D eigenvalue weighted by Crippen LogP contribution is -2.09. The van der Waals surface area contributed by atoms with Crippen LogP contribution in [0.3, 0.4) is 0 Å². The Morgan fingerprint density at radius 3 is 2.74 bits per heavy atom. The second-order valence-corrected chi connectivity index (χ2v) is 6.39. The Morgan fingerprint density at radius 2 is 1.95 bits per heavy atom. The van der Waals surface area contributed by atoms with Crippen molar-refractivity contribution in [1.29, 1.82) is 0 Å². The first kappa shape index (κ1) is 12.7. The van der Waals surface area contributed by atoms with Crippen LogP contribution in [0.2, 0.25) is 0 Å². The Labute approximate surface area is 118 Å². The zero-order valence-corrected chi connectivity index (χ0v) is 12.4. The molecule has 19 heavy (non-hydrogen) atoms. The molecule has 1 heterocycles. The topological polar surface area (TPSA) is 24.9 Å². The van der Waals surface area contributed by atoms with Gasteiger partial charge in [0.1, 0.15) is 0 Å². The third-order valence-electron chi connectivity index (χ3n) is 3.56. The second-order valence-electron chi connectivity index (χ2n) is 5.53. The monoisotopic (exact) mass is 272 g/mol.